The third-order valence-corrected chi connectivity index (χ3v) is 9.78. The molecule has 6 atom stereocenters. The third-order valence-electron chi connectivity index (χ3n) is 9.78. The molecule has 1 heterocycles. The summed E-state index contributed by atoms with van der Waals surface area (Å²) in [7, 11) is 3.62. The first-order valence-corrected chi connectivity index (χ1v) is 12.3. The number of carbonyl (C=O) groups excluding carboxylic acids is 1. The Morgan fingerprint density at radius 1 is 1.30 bits per heavy atom. The number of Topliss-reactive ketones (excluding diaryl/α,β-unsaturated/α-hetero) is 1. The molecule has 2 spiro atoms. The van der Waals surface area contributed by atoms with Gasteiger partial charge in [-0.1, -0.05) is 12.5 Å². The highest BCUT2D eigenvalue weighted by Gasteiger charge is 2.76. The van der Waals surface area contributed by atoms with Crippen LogP contribution in [0.2, 0.25) is 0 Å². The molecule has 180 valence electrons. The fourth-order valence-electron chi connectivity index (χ4n) is 8.68. The molecular formula is C25H36N4O4. The first-order chi connectivity index (χ1) is 15.8. The van der Waals surface area contributed by atoms with E-state index in [0.717, 1.165) is 37.8 Å². The molecule has 4 aliphatic carbocycles. The number of aliphatic imine (C=N–C) groups is 1. The molecule has 0 radical (unpaired) electrons. The third kappa shape index (κ3) is 2.74. The SMILES string of the molecule is CN=C(N)N1C=CC(CNC)C2(C1)C1CCC3CCCCC(=O)C4(O)CC32C(=C4C(=O)O)C1. The summed E-state index contributed by atoms with van der Waals surface area (Å²) in [5.41, 5.74) is 4.36. The Hall–Kier alpha value is -2.19. The zero-order valence-corrected chi connectivity index (χ0v) is 19.6. The Morgan fingerprint density at radius 2 is 2.06 bits per heavy atom. The van der Waals surface area contributed by atoms with E-state index >= 15 is 0 Å². The van der Waals surface area contributed by atoms with E-state index in [0.29, 0.717) is 25.3 Å². The van der Waals surface area contributed by atoms with E-state index in [4.69, 9.17) is 5.73 Å². The van der Waals surface area contributed by atoms with Gasteiger partial charge in [0.05, 0.1) is 5.57 Å². The van der Waals surface area contributed by atoms with E-state index in [9.17, 15) is 19.8 Å². The number of ketones is 1. The minimum absolute atomic E-state index is 0.00961. The van der Waals surface area contributed by atoms with Gasteiger partial charge >= 0.3 is 5.97 Å². The van der Waals surface area contributed by atoms with E-state index in [2.05, 4.69) is 16.4 Å². The Balaban J connectivity index is 1.79. The summed E-state index contributed by atoms with van der Waals surface area (Å²) in [6.07, 6.45) is 9.90. The molecule has 0 aromatic rings. The van der Waals surface area contributed by atoms with Gasteiger partial charge in [0.15, 0.2) is 17.3 Å². The predicted molar refractivity (Wildman–Crippen MR) is 124 cm³/mol. The van der Waals surface area contributed by atoms with Crippen LogP contribution in [0.5, 0.6) is 0 Å². The van der Waals surface area contributed by atoms with Crippen LogP contribution in [0.1, 0.15) is 51.4 Å². The minimum Gasteiger partial charge on any atom is -0.478 e. The van der Waals surface area contributed by atoms with Gasteiger partial charge < -0.3 is 26.2 Å². The second-order valence-corrected chi connectivity index (χ2v) is 10.8. The molecule has 1 aliphatic heterocycles. The molecule has 5 aliphatic rings. The van der Waals surface area contributed by atoms with Crippen molar-refractivity contribution in [1.82, 2.24) is 10.2 Å². The molecular weight excluding hydrogens is 420 g/mol. The zero-order chi connectivity index (χ0) is 23.6. The zero-order valence-electron chi connectivity index (χ0n) is 19.6. The number of carbonyl (C=O) groups is 2. The van der Waals surface area contributed by atoms with Crippen LogP contribution in [0.25, 0.3) is 0 Å². The molecule has 8 nitrogen and oxygen atoms in total. The lowest BCUT2D eigenvalue weighted by Gasteiger charge is -2.61. The number of carboxylic acid groups (broad SMARTS) is 1. The number of guanidine groups is 1. The number of carboxylic acids is 1. The Kier molecular flexibility index (Phi) is 5.25. The smallest absolute Gasteiger partial charge is 0.334 e. The van der Waals surface area contributed by atoms with Crippen LogP contribution in [-0.4, -0.2) is 65.6 Å². The van der Waals surface area contributed by atoms with E-state index < -0.39 is 17.0 Å². The topological polar surface area (TPSA) is 128 Å². The van der Waals surface area contributed by atoms with Crippen molar-refractivity contribution in [3.63, 3.8) is 0 Å². The van der Waals surface area contributed by atoms with Gasteiger partial charge in [-0.15, -0.1) is 0 Å². The monoisotopic (exact) mass is 456 g/mol. The lowest BCUT2D eigenvalue weighted by atomic mass is 9.45. The fraction of sp³-hybridized carbons (Fsp3) is 0.720. The summed E-state index contributed by atoms with van der Waals surface area (Å²) < 4.78 is 0. The number of nitrogens with one attached hydrogen (secondary N) is 1. The average molecular weight is 457 g/mol. The molecule has 5 rings (SSSR count). The predicted octanol–water partition coefficient (Wildman–Crippen LogP) is 1.66. The Morgan fingerprint density at radius 3 is 2.76 bits per heavy atom. The molecule has 0 amide bonds. The number of hydrogen-bond acceptors (Lipinski definition) is 5. The Bertz CT molecular complexity index is 973. The quantitative estimate of drug-likeness (QED) is 0.375. The molecule has 0 aromatic carbocycles. The van der Waals surface area contributed by atoms with E-state index in [1.165, 1.54) is 0 Å². The first-order valence-electron chi connectivity index (χ1n) is 12.3. The number of fused-ring (bicyclic) bond motifs is 1. The maximum Gasteiger partial charge on any atom is 0.334 e. The van der Waals surface area contributed by atoms with Crippen molar-refractivity contribution in [3.8, 4) is 0 Å². The van der Waals surface area contributed by atoms with E-state index in [1.807, 2.05) is 18.1 Å². The van der Waals surface area contributed by atoms with Gasteiger partial charge in [-0.05, 0) is 68.9 Å². The highest BCUT2D eigenvalue weighted by Crippen LogP contribution is 2.78. The number of aliphatic carboxylic acids is 1. The molecule has 0 saturated heterocycles. The van der Waals surface area contributed by atoms with Gasteiger partial charge in [0.1, 0.15) is 0 Å². The molecule has 5 N–H and O–H groups in total. The standard InChI is InChI=1S/C25H36N4O4/c1-27-12-17-9-10-29(22(26)28-2)14-24(17)16-8-7-15-5-3-4-6-19(30)25(33)13-23(15,24)18(11-16)20(25)21(31)32/h9-10,15-17,27,33H,3-8,11-14H2,1-2H3,(H2,26,28)(H,31,32). The van der Waals surface area contributed by atoms with Crippen LogP contribution in [-0.2, 0) is 9.59 Å². The molecule has 0 aromatic heterocycles. The lowest BCUT2D eigenvalue weighted by molar-refractivity contribution is -0.148. The van der Waals surface area contributed by atoms with Crippen molar-refractivity contribution in [3.05, 3.63) is 23.4 Å². The average Bonchev–Trinajstić information content (AvgIpc) is 3.15. The molecule has 3 fully saturated rings. The van der Waals surface area contributed by atoms with Crippen molar-refractivity contribution in [2.24, 2.45) is 39.3 Å². The van der Waals surface area contributed by atoms with Gasteiger partial charge in [0, 0.05) is 43.6 Å². The Labute approximate surface area is 195 Å². The maximum absolute atomic E-state index is 13.3. The molecule has 33 heavy (non-hydrogen) atoms. The number of nitrogens with two attached hydrogens (primary N) is 1. The van der Waals surface area contributed by atoms with Crippen LogP contribution in [0.4, 0.5) is 0 Å². The molecule has 6 unspecified atom stereocenters. The van der Waals surface area contributed by atoms with Crippen LogP contribution < -0.4 is 11.1 Å². The number of nitrogens with zero attached hydrogens (tertiary/aromatic N) is 2. The maximum atomic E-state index is 13.3. The summed E-state index contributed by atoms with van der Waals surface area (Å²) in [5, 5.41) is 25.5. The normalized spacial score (nSPS) is 42.5. The number of aliphatic hydroxyl groups is 1. The fourth-order valence-corrected chi connectivity index (χ4v) is 8.68. The number of allylic oxidation sites excluding steroid dienone is 1. The van der Waals surface area contributed by atoms with Crippen molar-refractivity contribution in [2.45, 2.75) is 57.0 Å². The lowest BCUT2D eigenvalue weighted by Crippen LogP contribution is -2.63. The highest BCUT2D eigenvalue weighted by molar-refractivity contribution is 6.04. The molecule has 3 saturated carbocycles. The largest absolute Gasteiger partial charge is 0.478 e. The van der Waals surface area contributed by atoms with Gasteiger partial charge in [-0.2, -0.15) is 0 Å². The van der Waals surface area contributed by atoms with E-state index in [1.54, 1.807) is 7.05 Å². The van der Waals surface area contributed by atoms with Crippen LogP contribution in [0.3, 0.4) is 0 Å². The summed E-state index contributed by atoms with van der Waals surface area (Å²) in [6.45, 7) is 1.38. The summed E-state index contributed by atoms with van der Waals surface area (Å²) >= 11 is 0. The van der Waals surface area contributed by atoms with Gasteiger partial charge in [0.2, 0.25) is 0 Å². The summed E-state index contributed by atoms with van der Waals surface area (Å²) in [4.78, 5) is 32.2. The van der Waals surface area contributed by atoms with Gasteiger partial charge in [0.25, 0.3) is 0 Å². The van der Waals surface area contributed by atoms with Crippen LogP contribution in [0, 0.1) is 28.6 Å². The van der Waals surface area contributed by atoms with Gasteiger partial charge in [-0.25, -0.2) is 4.79 Å². The van der Waals surface area contributed by atoms with Crippen LogP contribution >= 0.6 is 0 Å². The van der Waals surface area contributed by atoms with Crippen molar-refractivity contribution < 1.29 is 19.8 Å². The summed E-state index contributed by atoms with van der Waals surface area (Å²) in [5.74, 6) is -0.368. The molecule has 8 heteroatoms. The van der Waals surface area contributed by atoms with Crippen molar-refractivity contribution in [1.29, 1.82) is 0 Å². The summed E-state index contributed by atoms with van der Waals surface area (Å²) in [6, 6.07) is 0. The second-order valence-electron chi connectivity index (χ2n) is 10.8. The van der Waals surface area contributed by atoms with Crippen molar-refractivity contribution in [2.75, 3.05) is 27.2 Å². The van der Waals surface area contributed by atoms with Gasteiger partial charge in [-0.3, -0.25) is 9.79 Å². The van der Waals surface area contributed by atoms with Crippen molar-refractivity contribution >= 4 is 17.7 Å². The minimum atomic E-state index is -1.90. The van der Waals surface area contributed by atoms with Crippen LogP contribution in [0.15, 0.2) is 28.4 Å². The first kappa shape index (κ1) is 22.6. The molecule has 3 bridgehead atoms. The number of rotatable bonds is 3. The second kappa shape index (κ2) is 7.67. The highest BCUT2D eigenvalue weighted by atomic mass is 16.4. The number of hydrogen-bond donors (Lipinski definition) is 4. The van der Waals surface area contributed by atoms with E-state index in [-0.39, 0.29) is 47.4 Å².